The van der Waals surface area contributed by atoms with Gasteiger partial charge in [0.25, 0.3) is 0 Å². The van der Waals surface area contributed by atoms with Crippen molar-refractivity contribution in [3.8, 4) is 6.07 Å². The number of ether oxygens (including phenoxy) is 1. The first kappa shape index (κ1) is 25.4. The second-order valence-corrected chi connectivity index (χ2v) is 8.55. The summed E-state index contributed by atoms with van der Waals surface area (Å²) in [4.78, 5) is 13.1. The summed E-state index contributed by atoms with van der Waals surface area (Å²) in [6.45, 7) is 6.80. The number of benzene rings is 2. The Kier molecular flexibility index (Phi) is 11.3. The molecule has 32 heavy (non-hydrogen) atoms. The lowest BCUT2D eigenvalue weighted by molar-refractivity contribution is -0.140. The molecule has 3 nitrogen and oxygen atoms in total. The Bertz CT molecular complexity index is 891. The smallest absolute Gasteiger partial charge is 0.349 e. The van der Waals surface area contributed by atoms with Crippen LogP contribution in [-0.4, -0.2) is 12.6 Å². The van der Waals surface area contributed by atoms with E-state index in [0.717, 1.165) is 42.4 Å². The van der Waals surface area contributed by atoms with E-state index in [0.29, 0.717) is 18.1 Å². The van der Waals surface area contributed by atoms with Gasteiger partial charge in [-0.15, -0.1) is 0 Å². The van der Waals surface area contributed by atoms with E-state index in [1.54, 1.807) is 0 Å². The maximum atomic E-state index is 13.1. The summed E-state index contributed by atoms with van der Waals surface area (Å²) in [5, 5.41) is 9.94. The molecule has 0 aliphatic carbocycles. The van der Waals surface area contributed by atoms with Crippen molar-refractivity contribution in [2.75, 3.05) is 6.61 Å². The molecule has 0 aliphatic heterocycles. The van der Waals surface area contributed by atoms with Gasteiger partial charge in [0.05, 0.1) is 6.61 Å². The minimum Gasteiger partial charge on any atom is -0.461 e. The molecule has 0 N–H and O–H groups in total. The number of carbonyl (C=O) groups is 1. The zero-order valence-electron chi connectivity index (χ0n) is 19.9. The molecule has 0 heterocycles. The van der Waals surface area contributed by atoms with Crippen LogP contribution in [0.4, 0.5) is 0 Å². The molecular weight excluding hydrogens is 394 g/mol. The molecule has 170 valence electrons. The van der Waals surface area contributed by atoms with Crippen LogP contribution < -0.4 is 0 Å². The van der Waals surface area contributed by atoms with Crippen LogP contribution in [0.3, 0.4) is 0 Å². The van der Waals surface area contributed by atoms with Gasteiger partial charge < -0.3 is 4.74 Å². The molecule has 0 radical (unpaired) electrons. The molecular formula is C29H37NO2. The van der Waals surface area contributed by atoms with Crippen LogP contribution in [-0.2, 0) is 9.53 Å². The lowest BCUT2D eigenvalue weighted by atomic mass is 9.92. The Morgan fingerprint density at radius 3 is 2.12 bits per heavy atom. The molecule has 0 bridgehead atoms. The highest BCUT2D eigenvalue weighted by Crippen LogP contribution is 2.28. The zero-order chi connectivity index (χ0) is 23.2. The molecule has 3 heteroatoms. The van der Waals surface area contributed by atoms with Crippen molar-refractivity contribution in [2.24, 2.45) is 5.92 Å². The fraction of sp³-hybridized carbons (Fsp3) is 0.448. The van der Waals surface area contributed by atoms with Crippen molar-refractivity contribution in [3.63, 3.8) is 0 Å². The first-order chi connectivity index (χ1) is 15.6. The zero-order valence-corrected chi connectivity index (χ0v) is 19.9. The fourth-order valence-electron chi connectivity index (χ4n) is 3.91. The van der Waals surface area contributed by atoms with Gasteiger partial charge in [-0.1, -0.05) is 113 Å². The third kappa shape index (κ3) is 8.00. The van der Waals surface area contributed by atoms with Crippen LogP contribution in [0.25, 0.3) is 5.57 Å². The third-order valence-electron chi connectivity index (χ3n) is 5.85. The van der Waals surface area contributed by atoms with E-state index < -0.39 is 5.97 Å². The minimum atomic E-state index is -0.526. The van der Waals surface area contributed by atoms with Gasteiger partial charge in [-0.2, -0.15) is 5.26 Å². The molecule has 2 aromatic carbocycles. The van der Waals surface area contributed by atoms with Crippen molar-refractivity contribution in [2.45, 2.75) is 72.1 Å². The molecule has 0 amide bonds. The number of nitriles is 1. The second kappa shape index (κ2) is 14.2. The largest absolute Gasteiger partial charge is 0.461 e. The highest BCUT2D eigenvalue weighted by molar-refractivity contribution is 6.05. The van der Waals surface area contributed by atoms with E-state index >= 15 is 0 Å². The molecule has 1 unspecified atom stereocenters. The van der Waals surface area contributed by atoms with Gasteiger partial charge in [-0.05, 0) is 36.8 Å². The first-order valence-electron chi connectivity index (χ1n) is 12.0. The van der Waals surface area contributed by atoms with Gasteiger partial charge in [0.1, 0.15) is 11.6 Å². The Morgan fingerprint density at radius 1 is 0.875 bits per heavy atom. The molecule has 0 saturated carbocycles. The van der Waals surface area contributed by atoms with Gasteiger partial charge in [-0.3, -0.25) is 0 Å². The molecule has 0 spiro atoms. The maximum absolute atomic E-state index is 13.1. The average molecular weight is 432 g/mol. The maximum Gasteiger partial charge on any atom is 0.349 e. The van der Waals surface area contributed by atoms with Gasteiger partial charge >= 0.3 is 5.97 Å². The number of hydrogen-bond acceptors (Lipinski definition) is 3. The number of rotatable bonds is 13. The van der Waals surface area contributed by atoms with Crippen molar-refractivity contribution in [1.82, 2.24) is 0 Å². The Hall–Kier alpha value is -2.86. The van der Waals surface area contributed by atoms with E-state index in [1.165, 1.54) is 25.7 Å². The topological polar surface area (TPSA) is 50.1 Å². The summed E-state index contributed by atoms with van der Waals surface area (Å²) in [6, 6.07) is 19.7. The summed E-state index contributed by atoms with van der Waals surface area (Å²) < 4.78 is 5.74. The summed E-state index contributed by atoms with van der Waals surface area (Å²) >= 11 is 0. The second-order valence-electron chi connectivity index (χ2n) is 8.55. The Balaban J connectivity index is 2.25. The number of carbonyl (C=O) groups excluding carboxylic acids is 1. The predicted octanol–water partition coefficient (Wildman–Crippen LogP) is 7.64. The predicted molar refractivity (Wildman–Crippen MR) is 132 cm³/mol. The number of hydrogen-bond donors (Lipinski definition) is 0. The van der Waals surface area contributed by atoms with Crippen LogP contribution in [0.15, 0.2) is 60.2 Å². The monoisotopic (exact) mass is 431 g/mol. The normalized spacial score (nSPS) is 12.6. The molecule has 2 aromatic rings. The molecule has 2 rings (SSSR count). The van der Waals surface area contributed by atoms with Gasteiger partial charge in [-0.25, -0.2) is 4.79 Å². The van der Waals surface area contributed by atoms with Crippen LogP contribution in [0.2, 0.25) is 0 Å². The van der Waals surface area contributed by atoms with Gasteiger partial charge in [0.15, 0.2) is 0 Å². The van der Waals surface area contributed by atoms with Crippen LogP contribution in [0.5, 0.6) is 0 Å². The summed E-state index contributed by atoms with van der Waals surface area (Å²) in [6.07, 6.45) is 9.25. The molecule has 0 aromatic heterocycles. The lowest BCUT2D eigenvalue weighted by Gasteiger charge is -2.17. The van der Waals surface area contributed by atoms with Crippen LogP contribution in [0.1, 0.15) is 81.9 Å². The van der Waals surface area contributed by atoms with E-state index in [4.69, 9.17) is 4.74 Å². The van der Waals surface area contributed by atoms with Crippen LogP contribution >= 0.6 is 0 Å². The average Bonchev–Trinajstić information content (AvgIpc) is 2.82. The van der Waals surface area contributed by atoms with Crippen molar-refractivity contribution in [1.29, 1.82) is 5.26 Å². The Morgan fingerprint density at radius 2 is 1.50 bits per heavy atom. The van der Waals surface area contributed by atoms with Crippen LogP contribution in [0, 0.1) is 24.2 Å². The molecule has 0 aliphatic rings. The standard InChI is InChI=1S/C29H37NO2/c1-4-6-8-10-14-24(13-7-5-2)22-32-29(31)27(21-30)28(25-15-11-9-12-16-25)26-19-17-23(3)18-20-26/h9,11-12,15-20,24H,4-8,10,13-14,22H2,1-3H3/b28-27+. The number of esters is 1. The highest BCUT2D eigenvalue weighted by Gasteiger charge is 2.21. The van der Waals surface area contributed by atoms with E-state index in [1.807, 2.05) is 61.5 Å². The first-order valence-corrected chi connectivity index (χ1v) is 12.0. The number of nitrogens with zero attached hydrogens (tertiary/aromatic N) is 1. The van der Waals surface area contributed by atoms with E-state index in [9.17, 15) is 10.1 Å². The molecule has 1 atom stereocenters. The van der Waals surface area contributed by atoms with Crippen molar-refractivity contribution < 1.29 is 9.53 Å². The number of aryl methyl sites for hydroxylation is 1. The lowest BCUT2D eigenvalue weighted by Crippen LogP contribution is -2.17. The summed E-state index contributed by atoms with van der Waals surface area (Å²) in [5.74, 6) is -0.169. The van der Waals surface area contributed by atoms with E-state index in [-0.39, 0.29) is 5.57 Å². The third-order valence-corrected chi connectivity index (χ3v) is 5.85. The Labute approximate surface area is 194 Å². The highest BCUT2D eigenvalue weighted by atomic mass is 16.5. The summed E-state index contributed by atoms with van der Waals surface area (Å²) in [5.41, 5.74) is 3.51. The fourth-order valence-corrected chi connectivity index (χ4v) is 3.91. The van der Waals surface area contributed by atoms with Gasteiger partial charge in [0, 0.05) is 5.57 Å². The number of unbranched alkanes of at least 4 members (excludes halogenated alkanes) is 4. The van der Waals surface area contributed by atoms with E-state index in [2.05, 4.69) is 19.9 Å². The van der Waals surface area contributed by atoms with Crippen molar-refractivity contribution in [3.05, 3.63) is 76.9 Å². The van der Waals surface area contributed by atoms with Crippen molar-refractivity contribution >= 4 is 11.5 Å². The molecule has 0 saturated heterocycles. The molecule has 0 fully saturated rings. The van der Waals surface area contributed by atoms with Gasteiger partial charge in [0.2, 0.25) is 0 Å². The quantitative estimate of drug-likeness (QED) is 0.142. The minimum absolute atomic E-state index is 0.0697. The summed E-state index contributed by atoms with van der Waals surface area (Å²) in [7, 11) is 0. The SMILES string of the molecule is CCCCCCC(CCCC)COC(=O)/C(C#N)=C(\c1ccccc1)c1ccc(C)cc1.